The van der Waals surface area contributed by atoms with Gasteiger partial charge in [-0.05, 0) is 32.3 Å². The molecule has 1 rings (SSSR count). The molecule has 0 aliphatic heterocycles. The minimum atomic E-state index is 0.264. The predicted molar refractivity (Wildman–Crippen MR) is 119 cm³/mol. The molecule has 0 bridgehead atoms. The van der Waals surface area contributed by atoms with Crippen molar-refractivity contribution in [2.75, 3.05) is 0 Å². The third-order valence-electron chi connectivity index (χ3n) is 3.39. The van der Waals surface area contributed by atoms with Gasteiger partial charge in [0, 0.05) is 18.3 Å². The lowest BCUT2D eigenvalue weighted by molar-refractivity contribution is -0.120. The van der Waals surface area contributed by atoms with Crippen LogP contribution in [0.4, 0.5) is 0 Å². The largest absolute Gasteiger partial charge is 0.300 e. The van der Waals surface area contributed by atoms with E-state index in [0.717, 1.165) is 25.1 Å². The summed E-state index contributed by atoms with van der Waals surface area (Å²) in [7, 11) is 0. The van der Waals surface area contributed by atoms with E-state index in [2.05, 4.69) is 30.7 Å². The number of carbonyl (C=O) groups excluding carboxylic acids is 1. The van der Waals surface area contributed by atoms with Gasteiger partial charge in [-0.3, -0.25) is 4.79 Å². The SMILES string of the molecule is CC.CC.CCC(C)C(C)=O.CCCCC.CCCc1cnc(C)nc1. The Kier molecular flexibility index (Phi) is 35.6. The summed E-state index contributed by atoms with van der Waals surface area (Å²) in [5, 5.41) is 0. The van der Waals surface area contributed by atoms with Crippen molar-refractivity contribution in [3.63, 3.8) is 0 Å². The van der Waals surface area contributed by atoms with Crippen molar-refractivity contribution >= 4 is 5.78 Å². The number of Topliss-reactive ketones (excluding diaryl/α,β-unsaturated/α-hetero) is 1. The van der Waals surface area contributed by atoms with Crippen LogP contribution in [0.5, 0.6) is 0 Å². The lowest BCUT2D eigenvalue weighted by Gasteiger charge is -1.98. The van der Waals surface area contributed by atoms with Gasteiger partial charge in [-0.25, -0.2) is 9.97 Å². The standard InChI is InChI=1S/C8H12N2.C6H12O.C5H12.2C2H6/c1-3-4-8-5-9-7(2)10-6-8;1-4-5(2)6(3)7;1-3-5-4-2;2*1-2/h5-6H,3-4H2,1-2H3;5H,4H2,1-3H3;3-5H2,1-2H3;2*1-2H3. The average molecular weight is 369 g/mol. The number of hydrogen-bond donors (Lipinski definition) is 0. The summed E-state index contributed by atoms with van der Waals surface area (Å²) in [4.78, 5) is 18.5. The highest BCUT2D eigenvalue weighted by Crippen LogP contribution is 1.99. The molecule has 0 aliphatic rings. The third kappa shape index (κ3) is 27.6. The molecule has 3 heteroatoms. The van der Waals surface area contributed by atoms with Gasteiger partial charge in [-0.15, -0.1) is 0 Å². The van der Waals surface area contributed by atoms with Crippen molar-refractivity contribution < 1.29 is 4.79 Å². The maximum absolute atomic E-state index is 10.4. The highest BCUT2D eigenvalue weighted by atomic mass is 16.1. The molecule has 0 saturated carbocycles. The summed E-state index contributed by atoms with van der Waals surface area (Å²) in [6.07, 6.45) is 11.1. The van der Waals surface area contributed by atoms with E-state index in [1.165, 1.54) is 24.8 Å². The molecular weight excluding hydrogens is 320 g/mol. The van der Waals surface area contributed by atoms with Gasteiger partial charge in [0.05, 0.1) is 0 Å². The second-order valence-electron chi connectivity index (χ2n) is 5.66. The molecule has 0 fully saturated rings. The molecule has 1 heterocycles. The Balaban J connectivity index is -0.000000134. The lowest BCUT2D eigenvalue weighted by atomic mass is 10.1. The molecule has 0 aliphatic carbocycles. The van der Waals surface area contributed by atoms with E-state index < -0.39 is 0 Å². The minimum absolute atomic E-state index is 0.264. The fraction of sp³-hybridized carbons (Fsp3) is 0.783. The number of carbonyl (C=O) groups is 1. The average Bonchev–Trinajstić information content (AvgIpc) is 2.68. The first-order valence-corrected chi connectivity index (χ1v) is 10.7. The second-order valence-corrected chi connectivity index (χ2v) is 5.66. The van der Waals surface area contributed by atoms with Crippen LogP contribution in [-0.2, 0) is 11.2 Å². The van der Waals surface area contributed by atoms with Gasteiger partial charge in [0.25, 0.3) is 0 Å². The summed E-state index contributed by atoms with van der Waals surface area (Å²) in [6.45, 7) is 22.1. The monoisotopic (exact) mass is 368 g/mol. The first-order valence-electron chi connectivity index (χ1n) is 10.7. The van der Waals surface area contributed by atoms with E-state index in [0.29, 0.717) is 5.78 Å². The van der Waals surface area contributed by atoms with Crippen molar-refractivity contribution in [1.82, 2.24) is 9.97 Å². The van der Waals surface area contributed by atoms with Crippen molar-refractivity contribution in [2.24, 2.45) is 5.92 Å². The van der Waals surface area contributed by atoms with Gasteiger partial charge in [0.15, 0.2) is 0 Å². The molecule has 0 saturated heterocycles. The number of hydrogen-bond acceptors (Lipinski definition) is 3. The van der Waals surface area contributed by atoms with Gasteiger partial charge in [0.1, 0.15) is 11.6 Å². The third-order valence-corrected chi connectivity index (χ3v) is 3.39. The molecule has 0 amide bonds. The van der Waals surface area contributed by atoms with Crippen LogP contribution in [0.1, 0.15) is 113 Å². The maximum atomic E-state index is 10.4. The van der Waals surface area contributed by atoms with E-state index in [4.69, 9.17) is 0 Å². The highest BCUT2D eigenvalue weighted by Gasteiger charge is 2.01. The maximum Gasteiger partial charge on any atom is 0.132 e. The van der Waals surface area contributed by atoms with Crippen LogP contribution in [0, 0.1) is 12.8 Å². The number of aromatic nitrogens is 2. The number of unbranched alkanes of at least 4 members (excludes halogenated alkanes) is 2. The van der Waals surface area contributed by atoms with Crippen LogP contribution in [0.25, 0.3) is 0 Å². The van der Waals surface area contributed by atoms with Crippen molar-refractivity contribution in [3.05, 3.63) is 23.8 Å². The van der Waals surface area contributed by atoms with Crippen LogP contribution in [-0.4, -0.2) is 15.8 Å². The quantitative estimate of drug-likeness (QED) is 0.519. The Morgan fingerprint density at radius 2 is 1.35 bits per heavy atom. The fourth-order valence-corrected chi connectivity index (χ4v) is 1.48. The molecule has 1 aromatic rings. The van der Waals surface area contributed by atoms with E-state index in [1.807, 2.05) is 60.9 Å². The fourth-order valence-electron chi connectivity index (χ4n) is 1.48. The number of rotatable bonds is 6. The van der Waals surface area contributed by atoms with Crippen molar-refractivity contribution in [1.29, 1.82) is 0 Å². The topological polar surface area (TPSA) is 42.9 Å². The summed E-state index contributed by atoms with van der Waals surface area (Å²) >= 11 is 0. The zero-order valence-electron chi connectivity index (χ0n) is 19.8. The van der Waals surface area contributed by atoms with E-state index in [-0.39, 0.29) is 5.92 Å². The lowest BCUT2D eigenvalue weighted by Crippen LogP contribution is -2.03. The summed E-state index contributed by atoms with van der Waals surface area (Å²) in [5.41, 5.74) is 1.23. The molecule has 156 valence electrons. The zero-order valence-corrected chi connectivity index (χ0v) is 19.8. The molecule has 0 spiro atoms. The van der Waals surface area contributed by atoms with Crippen LogP contribution in [0.15, 0.2) is 12.4 Å². The highest BCUT2D eigenvalue weighted by molar-refractivity contribution is 5.77. The molecule has 0 radical (unpaired) electrons. The number of aryl methyl sites for hydroxylation is 2. The summed E-state index contributed by atoms with van der Waals surface area (Å²) < 4.78 is 0. The van der Waals surface area contributed by atoms with Crippen molar-refractivity contribution in [2.45, 2.75) is 115 Å². The first kappa shape index (κ1) is 32.4. The Morgan fingerprint density at radius 3 is 1.54 bits per heavy atom. The molecule has 0 aromatic carbocycles. The van der Waals surface area contributed by atoms with Gasteiger partial charge >= 0.3 is 0 Å². The van der Waals surface area contributed by atoms with Gasteiger partial charge in [-0.1, -0.05) is 88.0 Å². The summed E-state index contributed by atoms with van der Waals surface area (Å²) in [5.74, 6) is 1.40. The minimum Gasteiger partial charge on any atom is -0.300 e. The number of nitrogens with zero attached hydrogens (tertiary/aromatic N) is 2. The Bertz CT molecular complexity index is 359. The van der Waals surface area contributed by atoms with Crippen LogP contribution < -0.4 is 0 Å². The Morgan fingerprint density at radius 1 is 0.923 bits per heavy atom. The molecule has 0 N–H and O–H groups in total. The molecule has 3 nitrogen and oxygen atoms in total. The molecule has 26 heavy (non-hydrogen) atoms. The molecular formula is C23H48N2O. The Labute approximate surface area is 165 Å². The van der Waals surface area contributed by atoms with Crippen LogP contribution in [0.3, 0.4) is 0 Å². The van der Waals surface area contributed by atoms with Crippen molar-refractivity contribution in [3.8, 4) is 0 Å². The van der Waals surface area contributed by atoms with E-state index >= 15 is 0 Å². The van der Waals surface area contributed by atoms with Crippen LogP contribution in [0.2, 0.25) is 0 Å². The predicted octanol–water partition coefficient (Wildman–Crippen LogP) is 7.61. The van der Waals surface area contributed by atoms with Gasteiger partial charge in [-0.2, -0.15) is 0 Å². The van der Waals surface area contributed by atoms with Crippen LogP contribution >= 0.6 is 0 Å². The normalized spacial score (nSPS) is 9.50. The second kappa shape index (κ2) is 28.5. The molecule has 1 atom stereocenters. The first-order chi connectivity index (χ1) is 12.4. The molecule has 1 unspecified atom stereocenters. The number of ketones is 1. The van der Waals surface area contributed by atoms with E-state index in [9.17, 15) is 4.79 Å². The van der Waals surface area contributed by atoms with Gasteiger partial charge in [0.2, 0.25) is 0 Å². The summed E-state index contributed by atoms with van der Waals surface area (Å²) in [6, 6.07) is 0. The van der Waals surface area contributed by atoms with Gasteiger partial charge < -0.3 is 0 Å². The van der Waals surface area contributed by atoms with E-state index in [1.54, 1.807) is 6.92 Å². The smallest absolute Gasteiger partial charge is 0.132 e. The zero-order chi connectivity index (χ0) is 21.4. The Hall–Kier alpha value is -1.25. The molecule has 1 aromatic heterocycles.